The first-order valence-electron chi connectivity index (χ1n) is 10.5. The van der Waals surface area contributed by atoms with Crippen molar-refractivity contribution in [1.29, 1.82) is 0 Å². The molecule has 1 aliphatic heterocycles. The third kappa shape index (κ3) is 7.04. The van der Waals surface area contributed by atoms with E-state index in [-0.39, 0.29) is 31.1 Å². The van der Waals surface area contributed by atoms with Gasteiger partial charge in [-0.1, -0.05) is 65.8 Å². The van der Waals surface area contributed by atoms with Crippen LogP contribution in [0.15, 0.2) is 65.8 Å². The Hall–Kier alpha value is -3.51. The number of hydrogen-bond donors (Lipinski definition) is 1. The summed E-state index contributed by atoms with van der Waals surface area (Å²) in [6.45, 7) is 0.908. The van der Waals surface area contributed by atoms with Crippen molar-refractivity contribution in [3.63, 3.8) is 0 Å². The second kappa shape index (κ2) is 11.6. The maximum absolute atomic E-state index is 12.8. The average molecular weight is 422 g/mol. The summed E-state index contributed by atoms with van der Waals surface area (Å²) in [6, 6.07) is 19.0. The molecule has 1 aliphatic rings. The summed E-state index contributed by atoms with van der Waals surface area (Å²) in [5.74, 6) is 0.0102. The Morgan fingerprint density at radius 3 is 2.48 bits per heavy atom. The summed E-state index contributed by atoms with van der Waals surface area (Å²) in [4.78, 5) is 29.7. The largest absolute Gasteiger partial charge is 0.445 e. The third-order valence-corrected chi connectivity index (χ3v) is 5.39. The summed E-state index contributed by atoms with van der Waals surface area (Å²) in [5, 5.41) is 6.61. The highest BCUT2D eigenvalue weighted by molar-refractivity contribution is 5.77. The van der Waals surface area contributed by atoms with Gasteiger partial charge in [0.2, 0.25) is 5.91 Å². The predicted octanol–water partition coefficient (Wildman–Crippen LogP) is 4.22. The summed E-state index contributed by atoms with van der Waals surface area (Å²) in [7, 11) is 0. The van der Waals surface area contributed by atoms with Gasteiger partial charge in [-0.05, 0) is 35.9 Å². The zero-order valence-electron chi connectivity index (χ0n) is 17.4. The first-order chi connectivity index (χ1) is 15.2. The van der Waals surface area contributed by atoms with Crippen LogP contribution in [-0.4, -0.2) is 42.1 Å². The summed E-state index contributed by atoms with van der Waals surface area (Å²) >= 11 is 0. The fourth-order valence-electron chi connectivity index (χ4n) is 3.76. The average Bonchev–Trinajstić information content (AvgIpc) is 2.98. The van der Waals surface area contributed by atoms with Crippen molar-refractivity contribution in [2.45, 2.75) is 44.4 Å². The van der Waals surface area contributed by atoms with Gasteiger partial charge in [-0.3, -0.25) is 4.79 Å². The molecule has 2 aromatic rings. The van der Waals surface area contributed by atoms with E-state index in [1.54, 1.807) is 4.90 Å². The Balaban J connectivity index is 1.56. The molecule has 0 aromatic heterocycles. The van der Waals surface area contributed by atoms with E-state index in [0.717, 1.165) is 11.1 Å². The number of nitrogens with one attached hydrogen (secondary N) is 1. The van der Waals surface area contributed by atoms with Crippen LogP contribution in [0.2, 0.25) is 0 Å². The quantitative estimate of drug-likeness (QED) is 0.392. The van der Waals surface area contributed by atoms with Gasteiger partial charge in [0.25, 0.3) is 0 Å². The van der Waals surface area contributed by atoms with E-state index in [0.29, 0.717) is 32.2 Å². The Bertz CT molecular complexity index is 900. The molecule has 2 aromatic carbocycles. The van der Waals surface area contributed by atoms with E-state index in [1.807, 2.05) is 60.7 Å². The molecule has 3 rings (SSSR count). The van der Waals surface area contributed by atoms with Gasteiger partial charge < -0.3 is 15.0 Å². The van der Waals surface area contributed by atoms with Gasteiger partial charge in [0, 0.05) is 36.5 Å². The SMILES string of the molecule is [N-]=[N+]=NC[C@H](Cc1ccccc1)N1CC[C@@H](NC(=O)OCc2ccccc2)CCC1=O. The number of benzene rings is 2. The number of alkyl carbamates (subject to hydrolysis) is 1. The van der Waals surface area contributed by atoms with Gasteiger partial charge in [0.1, 0.15) is 6.61 Å². The third-order valence-electron chi connectivity index (χ3n) is 5.39. The lowest BCUT2D eigenvalue weighted by Gasteiger charge is -2.30. The molecular weight excluding hydrogens is 394 g/mol. The van der Waals surface area contributed by atoms with Crippen LogP contribution in [0.5, 0.6) is 0 Å². The Kier molecular flexibility index (Phi) is 8.31. The molecule has 162 valence electrons. The fourth-order valence-corrected chi connectivity index (χ4v) is 3.76. The molecule has 0 unspecified atom stereocenters. The number of nitrogens with zero attached hydrogens (tertiary/aromatic N) is 4. The molecule has 1 heterocycles. The first-order valence-corrected chi connectivity index (χ1v) is 10.5. The zero-order valence-corrected chi connectivity index (χ0v) is 17.4. The van der Waals surface area contributed by atoms with E-state index in [2.05, 4.69) is 15.3 Å². The number of carbonyl (C=O) groups excluding carboxylic acids is 2. The lowest BCUT2D eigenvalue weighted by molar-refractivity contribution is -0.132. The molecule has 0 spiro atoms. The Labute approximate surface area is 181 Å². The van der Waals surface area contributed by atoms with Crippen molar-refractivity contribution in [3.05, 3.63) is 82.2 Å². The Morgan fingerprint density at radius 1 is 1.13 bits per heavy atom. The fraction of sp³-hybridized carbons (Fsp3) is 0.391. The van der Waals surface area contributed by atoms with E-state index in [9.17, 15) is 9.59 Å². The lowest BCUT2D eigenvalue weighted by Crippen LogP contribution is -2.43. The van der Waals surface area contributed by atoms with Crippen LogP contribution in [0.4, 0.5) is 4.79 Å². The number of amides is 2. The maximum atomic E-state index is 12.8. The number of ether oxygens (including phenoxy) is 1. The van der Waals surface area contributed by atoms with Crippen LogP contribution >= 0.6 is 0 Å². The summed E-state index contributed by atoms with van der Waals surface area (Å²) < 4.78 is 5.30. The molecule has 8 nitrogen and oxygen atoms in total. The summed E-state index contributed by atoms with van der Waals surface area (Å²) in [6.07, 6.45) is 1.63. The molecule has 8 heteroatoms. The van der Waals surface area contributed by atoms with Gasteiger partial charge in [0.05, 0.1) is 0 Å². The van der Waals surface area contributed by atoms with Crippen LogP contribution in [0.3, 0.4) is 0 Å². The molecule has 1 fully saturated rings. The van der Waals surface area contributed by atoms with Gasteiger partial charge in [-0.15, -0.1) is 0 Å². The molecule has 2 atom stereocenters. The number of azide groups is 1. The Morgan fingerprint density at radius 2 is 1.81 bits per heavy atom. The minimum Gasteiger partial charge on any atom is -0.445 e. The van der Waals surface area contributed by atoms with Crippen molar-refractivity contribution in [3.8, 4) is 0 Å². The molecule has 0 radical (unpaired) electrons. The molecule has 0 saturated carbocycles. The molecule has 1 N–H and O–H groups in total. The van der Waals surface area contributed by atoms with E-state index < -0.39 is 6.09 Å². The normalized spacial score (nSPS) is 17.2. The second-order valence-corrected chi connectivity index (χ2v) is 7.57. The zero-order chi connectivity index (χ0) is 21.9. The van der Waals surface area contributed by atoms with Crippen LogP contribution < -0.4 is 5.32 Å². The molecule has 1 saturated heterocycles. The molecule has 31 heavy (non-hydrogen) atoms. The molecule has 2 amide bonds. The highest BCUT2D eigenvalue weighted by atomic mass is 16.5. The first kappa shape index (κ1) is 22.2. The van der Waals surface area contributed by atoms with Crippen molar-refractivity contribution in [2.75, 3.05) is 13.1 Å². The van der Waals surface area contributed by atoms with Crippen molar-refractivity contribution in [2.24, 2.45) is 5.11 Å². The molecule has 0 bridgehead atoms. The lowest BCUT2D eigenvalue weighted by atomic mass is 10.0. The van der Waals surface area contributed by atoms with E-state index in [4.69, 9.17) is 10.3 Å². The van der Waals surface area contributed by atoms with Crippen LogP contribution in [-0.2, 0) is 22.6 Å². The maximum Gasteiger partial charge on any atom is 0.407 e. The highest BCUT2D eigenvalue weighted by Crippen LogP contribution is 2.18. The number of rotatable bonds is 8. The standard InChI is InChI=1S/C23H27N5O3/c24-27-25-16-21(15-18-7-3-1-4-8-18)28-14-13-20(11-12-22(28)29)26-23(30)31-17-19-9-5-2-6-10-19/h1-10,20-21H,11-17H2,(H,26,30)/t20-,21-/m0/s1. The van der Waals surface area contributed by atoms with Crippen LogP contribution in [0.1, 0.15) is 30.4 Å². The number of carbonyl (C=O) groups is 2. The van der Waals surface area contributed by atoms with Gasteiger partial charge in [-0.2, -0.15) is 0 Å². The van der Waals surface area contributed by atoms with Crippen molar-refractivity contribution >= 4 is 12.0 Å². The monoisotopic (exact) mass is 421 g/mol. The smallest absolute Gasteiger partial charge is 0.407 e. The van der Waals surface area contributed by atoms with Crippen molar-refractivity contribution < 1.29 is 14.3 Å². The molecular formula is C23H27N5O3. The number of likely N-dealkylation sites (tertiary alicyclic amines) is 1. The van der Waals surface area contributed by atoms with Crippen LogP contribution in [0, 0.1) is 0 Å². The van der Waals surface area contributed by atoms with E-state index in [1.165, 1.54) is 0 Å². The van der Waals surface area contributed by atoms with Gasteiger partial charge in [0.15, 0.2) is 0 Å². The van der Waals surface area contributed by atoms with E-state index >= 15 is 0 Å². The highest BCUT2D eigenvalue weighted by Gasteiger charge is 2.28. The van der Waals surface area contributed by atoms with Gasteiger partial charge >= 0.3 is 6.09 Å². The van der Waals surface area contributed by atoms with Gasteiger partial charge in [-0.25, -0.2) is 4.79 Å². The molecule has 0 aliphatic carbocycles. The van der Waals surface area contributed by atoms with Crippen LogP contribution in [0.25, 0.3) is 10.4 Å². The topological polar surface area (TPSA) is 107 Å². The minimum absolute atomic E-state index is 0.0102. The number of hydrogen-bond acceptors (Lipinski definition) is 4. The van der Waals surface area contributed by atoms with Crippen molar-refractivity contribution in [1.82, 2.24) is 10.2 Å². The predicted molar refractivity (Wildman–Crippen MR) is 117 cm³/mol. The minimum atomic E-state index is -0.482. The summed E-state index contributed by atoms with van der Waals surface area (Å²) in [5.41, 5.74) is 10.8. The second-order valence-electron chi connectivity index (χ2n) is 7.57.